The second-order valence-corrected chi connectivity index (χ2v) is 3.21. The maximum absolute atomic E-state index is 10.4. The summed E-state index contributed by atoms with van der Waals surface area (Å²) in [4.78, 5) is 20.4. The summed E-state index contributed by atoms with van der Waals surface area (Å²) in [5.41, 5.74) is 0.914. The molecule has 0 fully saturated rings. The van der Waals surface area contributed by atoms with Crippen LogP contribution >= 0.6 is 0 Å². The lowest BCUT2D eigenvalue weighted by Crippen LogP contribution is -2.26. The normalized spacial score (nSPS) is 10.5. The summed E-state index contributed by atoms with van der Waals surface area (Å²) in [5.74, 6) is -0.767. The number of nitrogens with zero attached hydrogens (tertiary/aromatic N) is 3. The first kappa shape index (κ1) is 11.6. The van der Waals surface area contributed by atoms with Gasteiger partial charge in [-0.2, -0.15) is 0 Å². The summed E-state index contributed by atoms with van der Waals surface area (Å²) < 4.78 is 0. The monoisotopic (exact) mass is 209 g/mol. The summed E-state index contributed by atoms with van der Waals surface area (Å²) in [6, 6.07) is 1.84. The molecule has 0 saturated carbocycles. The average molecular weight is 209 g/mol. The molecule has 0 aliphatic carbocycles. The highest BCUT2D eigenvalue weighted by molar-refractivity contribution is 5.66. The SMILES string of the molecule is CCN(CCC(=O)O)Cc1ccncn1. The number of carboxylic acid groups (broad SMARTS) is 1. The van der Waals surface area contributed by atoms with Crippen LogP contribution in [-0.4, -0.2) is 39.0 Å². The van der Waals surface area contributed by atoms with Crippen molar-refractivity contribution in [1.29, 1.82) is 0 Å². The van der Waals surface area contributed by atoms with Gasteiger partial charge in [-0.15, -0.1) is 0 Å². The van der Waals surface area contributed by atoms with Gasteiger partial charge in [-0.05, 0) is 12.6 Å². The molecule has 15 heavy (non-hydrogen) atoms. The third-order valence-corrected chi connectivity index (χ3v) is 2.12. The summed E-state index contributed by atoms with van der Waals surface area (Å²) >= 11 is 0. The third-order valence-electron chi connectivity index (χ3n) is 2.12. The highest BCUT2D eigenvalue weighted by Crippen LogP contribution is 2.00. The molecule has 0 bridgehead atoms. The molecule has 1 aromatic heterocycles. The molecule has 0 spiro atoms. The van der Waals surface area contributed by atoms with Crippen LogP contribution in [0.3, 0.4) is 0 Å². The Bertz CT molecular complexity index is 303. The molecule has 82 valence electrons. The summed E-state index contributed by atoms with van der Waals surface area (Å²) in [6.45, 7) is 4.04. The molecule has 0 aliphatic rings. The predicted molar refractivity (Wildman–Crippen MR) is 55.2 cm³/mol. The molecule has 0 saturated heterocycles. The lowest BCUT2D eigenvalue weighted by atomic mass is 10.3. The standard InChI is InChI=1S/C10H15N3O2/c1-2-13(6-4-10(14)15)7-9-3-5-11-8-12-9/h3,5,8H,2,4,6-7H2,1H3,(H,14,15). The summed E-state index contributed by atoms with van der Waals surface area (Å²) in [5, 5.41) is 8.57. The molecule has 0 unspecified atom stereocenters. The van der Waals surface area contributed by atoms with Gasteiger partial charge in [0.15, 0.2) is 0 Å². The zero-order chi connectivity index (χ0) is 11.1. The van der Waals surface area contributed by atoms with E-state index in [1.54, 1.807) is 6.20 Å². The maximum Gasteiger partial charge on any atom is 0.304 e. The number of aromatic nitrogens is 2. The molecule has 0 aromatic carbocycles. The van der Waals surface area contributed by atoms with Crippen LogP contribution in [0.25, 0.3) is 0 Å². The quantitative estimate of drug-likeness (QED) is 0.749. The second kappa shape index (κ2) is 6.08. The molecule has 1 N–H and O–H groups in total. The Balaban J connectivity index is 2.43. The minimum Gasteiger partial charge on any atom is -0.481 e. The number of rotatable bonds is 6. The van der Waals surface area contributed by atoms with Gasteiger partial charge in [-0.25, -0.2) is 9.97 Å². The molecule has 0 radical (unpaired) electrons. The van der Waals surface area contributed by atoms with Crippen LogP contribution in [0, 0.1) is 0 Å². The van der Waals surface area contributed by atoms with Crippen molar-refractivity contribution in [1.82, 2.24) is 14.9 Å². The van der Waals surface area contributed by atoms with Crippen molar-refractivity contribution >= 4 is 5.97 Å². The fraction of sp³-hybridized carbons (Fsp3) is 0.500. The second-order valence-electron chi connectivity index (χ2n) is 3.21. The molecule has 1 aromatic rings. The van der Waals surface area contributed by atoms with Gasteiger partial charge in [0, 0.05) is 19.3 Å². The van der Waals surface area contributed by atoms with Crippen LogP contribution in [0.4, 0.5) is 0 Å². The zero-order valence-electron chi connectivity index (χ0n) is 8.76. The smallest absolute Gasteiger partial charge is 0.304 e. The Hall–Kier alpha value is -1.49. The third kappa shape index (κ3) is 4.51. The van der Waals surface area contributed by atoms with Gasteiger partial charge < -0.3 is 5.11 Å². The Morgan fingerprint density at radius 2 is 2.40 bits per heavy atom. The summed E-state index contributed by atoms with van der Waals surface area (Å²) in [6.07, 6.45) is 3.35. The van der Waals surface area contributed by atoms with Crippen LogP contribution in [-0.2, 0) is 11.3 Å². The van der Waals surface area contributed by atoms with E-state index in [-0.39, 0.29) is 6.42 Å². The van der Waals surface area contributed by atoms with Gasteiger partial charge in [-0.1, -0.05) is 6.92 Å². The van der Waals surface area contributed by atoms with E-state index in [0.29, 0.717) is 13.1 Å². The van der Waals surface area contributed by atoms with E-state index in [4.69, 9.17) is 5.11 Å². The Morgan fingerprint density at radius 1 is 1.60 bits per heavy atom. The molecule has 1 rings (SSSR count). The fourth-order valence-electron chi connectivity index (χ4n) is 1.24. The summed E-state index contributed by atoms with van der Waals surface area (Å²) in [7, 11) is 0. The van der Waals surface area contributed by atoms with E-state index in [1.807, 2.05) is 17.9 Å². The minimum absolute atomic E-state index is 0.166. The van der Waals surface area contributed by atoms with Gasteiger partial charge >= 0.3 is 5.97 Å². The van der Waals surface area contributed by atoms with Gasteiger partial charge in [0.25, 0.3) is 0 Å². The Morgan fingerprint density at radius 3 is 2.93 bits per heavy atom. The first-order chi connectivity index (χ1) is 7.22. The van der Waals surface area contributed by atoms with Crippen LogP contribution in [0.5, 0.6) is 0 Å². The molecule has 0 atom stereocenters. The molecular weight excluding hydrogens is 194 g/mol. The van der Waals surface area contributed by atoms with E-state index in [9.17, 15) is 4.79 Å². The van der Waals surface area contributed by atoms with Crippen molar-refractivity contribution in [3.8, 4) is 0 Å². The van der Waals surface area contributed by atoms with Crippen molar-refractivity contribution in [2.24, 2.45) is 0 Å². The van der Waals surface area contributed by atoms with Crippen LogP contribution < -0.4 is 0 Å². The van der Waals surface area contributed by atoms with Gasteiger partial charge in [0.1, 0.15) is 6.33 Å². The van der Waals surface area contributed by atoms with Gasteiger partial charge in [0.05, 0.1) is 12.1 Å². The van der Waals surface area contributed by atoms with Gasteiger partial charge in [0.2, 0.25) is 0 Å². The lowest BCUT2D eigenvalue weighted by Gasteiger charge is -2.18. The minimum atomic E-state index is -0.767. The topological polar surface area (TPSA) is 66.3 Å². The van der Waals surface area contributed by atoms with E-state index in [1.165, 1.54) is 6.33 Å². The van der Waals surface area contributed by atoms with Crippen molar-refractivity contribution in [3.05, 3.63) is 24.3 Å². The van der Waals surface area contributed by atoms with Crippen LogP contribution in [0.2, 0.25) is 0 Å². The largest absolute Gasteiger partial charge is 0.481 e. The van der Waals surface area contributed by atoms with E-state index < -0.39 is 5.97 Å². The van der Waals surface area contributed by atoms with Crippen molar-refractivity contribution in [3.63, 3.8) is 0 Å². The molecule has 0 amide bonds. The van der Waals surface area contributed by atoms with Crippen molar-refractivity contribution in [2.45, 2.75) is 19.9 Å². The van der Waals surface area contributed by atoms with Gasteiger partial charge in [-0.3, -0.25) is 9.69 Å². The number of carboxylic acids is 1. The zero-order valence-corrected chi connectivity index (χ0v) is 8.76. The molecule has 5 heteroatoms. The van der Waals surface area contributed by atoms with E-state index >= 15 is 0 Å². The first-order valence-corrected chi connectivity index (χ1v) is 4.91. The Kier molecular flexibility index (Phi) is 4.70. The first-order valence-electron chi connectivity index (χ1n) is 4.91. The fourth-order valence-corrected chi connectivity index (χ4v) is 1.24. The van der Waals surface area contributed by atoms with Crippen LogP contribution in [0.1, 0.15) is 19.0 Å². The number of hydrogen-bond acceptors (Lipinski definition) is 4. The maximum atomic E-state index is 10.4. The predicted octanol–water partition coefficient (Wildman–Crippen LogP) is 0.773. The van der Waals surface area contributed by atoms with Crippen LogP contribution in [0.15, 0.2) is 18.6 Å². The highest BCUT2D eigenvalue weighted by Gasteiger charge is 2.06. The number of aliphatic carboxylic acids is 1. The number of hydrogen-bond donors (Lipinski definition) is 1. The average Bonchev–Trinajstić information content (AvgIpc) is 2.25. The molecule has 0 aliphatic heterocycles. The molecule has 1 heterocycles. The molecular formula is C10H15N3O2. The van der Waals surface area contributed by atoms with Crippen molar-refractivity contribution < 1.29 is 9.90 Å². The lowest BCUT2D eigenvalue weighted by molar-refractivity contribution is -0.137. The Labute approximate surface area is 88.8 Å². The molecule has 5 nitrogen and oxygen atoms in total. The highest BCUT2D eigenvalue weighted by atomic mass is 16.4. The van der Waals surface area contributed by atoms with E-state index in [2.05, 4.69) is 9.97 Å². The van der Waals surface area contributed by atoms with E-state index in [0.717, 1.165) is 12.2 Å². The van der Waals surface area contributed by atoms with Crippen molar-refractivity contribution in [2.75, 3.05) is 13.1 Å². The number of carbonyl (C=O) groups is 1.